The van der Waals surface area contributed by atoms with Gasteiger partial charge in [-0.15, -0.1) is 0 Å². The highest BCUT2D eigenvalue weighted by atomic mass is 35.5. The van der Waals surface area contributed by atoms with E-state index in [0.717, 1.165) is 6.07 Å². The van der Waals surface area contributed by atoms with Crippen LogP contribution in [0.5, 0.6) is 0 Å². The molecular weight excluding hydrogens is 288 g/mol. The molecule has 0 spiro atoms. The third-order valence-electron chi connectivity index (χ3n) is 1.74. The molecule has 0 bridgehead atoms. The number of alkyl halides is 6. The van der Waals surface area contributed by atoms with Crippen molar-refractivity contribution < 1.29 is 31.1 Å². The summed E-state index contributed by atoms with van der Waals surface area (Å²) in [6, 6.07) is 1.67. The Morgan fingerprint density at radius 2 is 1.61 bits per heavy atom. The quantitative estimate of drug-likeness (QED) is 0.782. The maximum Gasteiger partial charge on any atom is 0.471 e. The Morgan fingerprint density at radius 1 is 1.06 bits per heavy atom. The van der Waals surface area contributed by atoms with Gasteiger partial charge in [0.2, 0.25) is 0 Å². The number of amides is 1. The van der Waals surface area contributed by atoms with Crippen LogP contribution in [0.2, 0.25) is 5.02 Å². The predicted molar refractivity (Wildman–Crippen MR) is 51.1 cm³/mol. The summed E-state index contributed by atoms with van der Waals surface area (Å²) >= 11 is 5.32. The molecule has 18 heavy (non-hydrogen) atoms. The number of halogens is 7. The zero-order valence-electron chi connectivity index (χ0n) is 8.29. The van der Waals surface area contributed by atoms with Gasteiger partial charge in [-0.3, -0.25) is 4.79 Å². The van der Waals surface area contributed by atoms with E-state index >= 15 is 0 Å². The summed E-state index contributed by atoms with van der Waals surface area (Å²) in [7, 11) is 0. The van der Waals surface area contributed by atoms with Crippen molar-refractivity contribution in [2.75, 3.05) is 5.32 Å². The number of nitrogens with one attached hydrogen (secondary N) is 1. The van der Waals surface area contributed by atoms with E-state index < -0.39 is 34.5 Å². The Morgan fingerprint density at radius 3 is 2.06 bits per heavy atom. The number of benzene rings is 1. The minimum atomic E-state index is -5.19. The molecule has 0 aliphatic carbocycles. The van der Waals surface area contributed by atoms with Gasteiger partial charge in [0.25, 0.3) is 0 Å². The Balaban J connectivity index is 3.05. The van der Waals surface area contributed by atoms with E-state index in [-0.39, 0.29) is 0 Å². The van der Waals surface area contributed by atoms with Crippen LogP contribution in [0.15, 0.2) is 18.2 Å². The van der Waals surface area contributed by atoms with Crippen LogP contribution in [0.3, 0.4) is 0 Å². The van der Waals surface area contributed by atoms with Gasteiger partial charge >= 0.3 is 18.3 Å². The monoisotopic (exact) mass is 291 g/mol. The van der Waals surface area contributed by atoms with Gasteiger partial charge in [-0.1, -0.05) is 11.6 Å². The highest BCUT2D eigenvalue weighted by Gasteiger charge is 2.39. The van der Waals surface area contributed by atoms with Gasteiger partial charge in [-0.25, -0.2) is 0 Å². The summed E-state index contributed by atoms with van der Waals surface area (Å²) in [6.07, 6.45) is -9.97. The number of hydrogen-bond donors (Lipinski definition) is 1. The van der Waals surface area contributed by atoms with Gasteiger partial charge in [0.15, 0.2) is 0 Å². The Hall–Kier alpha value is -1.44. The van der Waals surface area contributed by atoms with Gasteiger partial charge in [0, 0.05) is 10.7 Å². The highest BCUT2D eigenvalue weighted by molar-refractivity contribution is 6.31. The summed E-state index contributed by atoms with van der Waals surface area (Å²) in [4.78, 5) is 10.5. The summed E-state index contributed by atoms with van der Waals surface area (Å²) in [6.45, 7) is 0. The topological polar surface area (TPSA) is 29.1 Å². The first-order valence-corrected chi connectivity index (χ1v) is 4.64. The fourth-order valence-corrected chi connectivity index (χ4v) is 1.26. The van der Waals surface area contributed by atoms with Crippen molar-refractivity contribution in [3.05, 3.63) is 28.8 Å². The molecule has 0 aromatic heterocycles. The van der Waals surface area contributed by atoms with Crippen LogP contribution >= 0.6 is 11.6 Å². The van der Waals surface area contributed by atoms with Crippen LogP contribution in [-0.2, 0) is 11.0 Å². The second-order valence-electron chi connectivity index (χ2n) is 3.18. The van der Waals surface area contributed by atoms with Crippen molar-refractivity contribution in [1.82, 2.24) is 0 Å². The summed E-state index contributed by atoms with van der Waals surface area (Å²) in [5.41, 5.74) is -1.94. The maximum absolute atomic E-state index is 12.3. The SMILES string of the molecule is O=C(Nc1cc(Cl)cc(C(F)(F)F)c1)C(F)(F)F. The van der Waals surface area contributed by atoms with Gasteiger partial charge in [0.05, 0.1) is 5.56 Å². The Bertz CT molecular complexity index is 467. The molecule has 1 rings (SSSR count). The Labute approximate surface area is 102 Å². The minimum absolute atomic E-state index is 0.357. The van der Waals surface area contributed by atoms with Gasteiger partial charge < -0.3 is 5.32 Å². The number of hydrogen-bond acceptors (Lipinski definition) is 1. The fraction of sp³-hybridized carbons (Fsp3) is 0.222. The summed E-state index contributed by atoms with van der Waals surface area (Å²) in [5.74, 6) is -2.38. The van der Waals surface area contributed by atoms with Gasteiger partial charge in [-0.2, -0.15) is 26.3 Å². The first kappa shape index (κ1) is 14.6. The molecule has 9 heteroatoms. The lowest BCUT2D eigenvalue weighted by atomic mass is 10.2. The zero-order chi connectivity index (χ0) is 14.1. The Kier molecular flexibility index (Phi) is 3.80. The molecule has 100 valence electrons. The van der Waals surface area contributed by atoms with Crippen LogP contribution in [0.25, 0.3) is 0 Å². The lowest BCUT2D eigenvalue weighted by molar-refractivity contribution is -0.167. The zero-order valence-corrected chi connectivity index (χ0v) is 9.04. The van der Waals surface area contributed by atoms with Gasteiger partial charge in [0.1, 0.15) is 0 Å². The number of carbonyl (C=O) groups is 1. The molecule has 0 aliphatic heterocycles. The third-order valence-corrected chi connectivity index (χ3v) is 1.96. The fourth-order valence-electron chi connectivity index (χ4n) is 1.03. The molecule has 0 unspecified atom stereocenters. The third kappa shape index (κ3) is 3.80. The van der Waals surface area contributed by atoms with Gasteiger partial charge in [-0.05, 0) is 18.2 Å². The molecule has 1 aromatic rings. The lowest BCUT2D eigenvalue weighted by Gasteiger charge is -2.11. The second kappa shape index (κ2) is 4.68. The van der Waals surface area contributed by atoms with Crippen LogP contribution in [0.4, 0.5) is 32.0 Å². The molecule has 0 saturated carbocycles. The molecular formula is C9H4ClF6NO. The largest absolute Gasteiger partial charge is 0.471 e. The molecule has 0 radical (unpaired) electrons. The van der Waals surface area contributed by atoms with Crippen molar-refractivity contribution in [2.45, 2.75) is 12.4 Å². The average Bonchev–Trinajstić information content (AvgIpc) is 2.13. The molecule has 1 amide bonds. The standard InChI is InChI=1S/C9H4ClF6NO/c10-5-1-4(8(11,12)13)2-6(3-5)17-7(18)9(14,15)16/h1-3H,(H,17,18). The van der Waals surface area contributed by atoms with E-state index in [1.54, 1.807) is 0 Å². The smallest absolute Gasteiger partial charge is 0.318 e. The normalized spacial score (nSPS) is 12.4. The molecule has 2 nitrogen and oxygen atoms in total. The second-order valence-corrected chi connectivity index (χ2v) is 3.61. The van der Waals surface area contributed by atoms with Crippen molar-refractivity contribution in [3.8, 4) is 0 Å². The van der Waals surface area contributed by atoms with Crippen LogP contribution in [0, 0.1) is 0 Å². The first-order valence-electron chi connectivity index (χ1n) is 4.26. The van der Waals surface area contributed by atoms with Crippen LogP contribution < -0.4 is 5.32 Å². The molecule has 0 saturated heterocycles. The molecule has 0 aliphatic rings. The highest BCUT2D eigenvalue weighted by Crippen LogP contribution is 2.33. The van der Waals surface area contributed by atoms with Crippen LogP contribution in [-0.4, -0.2) is 12.1 Å². The van der Waals surface area contributed by atoms with E-state index in [2.05, 4.69) is 0 Å². The van der Waals surface area contributed by atoms with Crippen molar-refractivity contribution in [1.29, 1.82) is 0 Å². The van der Waals surface area contributed by atoms with E-state index in [1.165, 1.54) is 5.32 Å². The minimum Gasteiger partial charge on any atom is -0.318 e. The maximum atomic E-state index is 12.3. The van der Waals surface area contributed by atoms with E-state index in [0.29, 0.717) is 12.1 Å². The molecule has 0 fully saturated rings. The number of rotatable bonds is 1. The summed E-state index contributed by atoms with van der Waals surface area (Å²) in [5, 5.41) is 0.844. The van der Waals surface area contributed by atoms with E-state index in [9.17, 15) is 31.1 Å². The van der Waals surface area contributed by atoms with Crippen LogP contribution in [0.1, 0.15) is 5.56 Å². The predicted octanol–water partition coefficient (Wildman–Crippen LogP) is 3.86. The molecule has 1 aromatic carbocycles. The average molecular weight is 292 g/mol. The molecule has 1 N–H and O–H groups in total. The van der Waals surface area contributed by atoms with Crippen molar-refractivity contribution in [2.24, 2.45) is 0 Å². The number of carbonyl (C=O) groups excluding carboxylic acids is 1. The first-order chi connectivity index (χ1) is 8.00. The number of anilines is 1. The summed E-state index contributed by atoms with van der Waals surface area (Å²) < 4.78 is 72.7. The van der Waals surface area contributed by atoms with E-state index in [4.69, 9.17) is 11.6 Å². The molecule has 0 atom stereocenters. The van der Waals surface area contributed by atoms with Crippen molar-refractivity contribution >= 4 is 23.2 Å². The van der Waals surface area contributed by atoms with E-state index in [1.807, 2.05) is 0 Å². The lowest BCUT2D eigenvalue weighted by Crippen LogP contribution is -2.30. The molecule has 0 heterocycles. The van der Waals surface area contributed by atoms with Crippen molar-refractivity contribution in [3.63, 3.8) is 0 Å².